The number of amides is 2. The fourth-order valence-corrected chi connectivity index (χ4v) is 3.68. The smallest absolute Gasteiger partial charge is 0.315 e. The molecule has 2 aliphatic rings. The third-order valence-corrected chi connectivity index (χ3v) is 5.13. The van der Waals surface area contributed by atoms with Crippen LogP contribution in [-0.2, 0) is 0 Å². The lowest BCUT2D eigenvalue weighted by molar-refractivity contribution is 0.163. The summed E-state index contributed by atoms with van der Waals surface area (Å²) in [7, 11) is 0. The van der Waals surface area contributed by atoms with Gasteiger partial charge in [0.05, 0.1) is 12.1 Å². The van der Waals surface area contributed by atoms with E-state index in [4.69, 9.17) is 0 Å². The van der Waals surface area contributed by atoms with Crippen molar-refractivity contribution >= 4 is 6.03 Å². The number of aliphatic hydroxyl groups excluding tert-OH is 1. The standard InChI is InChI=1S/C17H33N3O2/c21-15-17(9-3-4-10-17)19-16(22)18-11-5-1-6-12-20-13-7-2-8-14-20/h21H,1-15H2,(H2,18,19,22). The van der Waals surface area contributed by atoms with Crippen LogP contribution < -0.4 is 10.6 Å². The zero-order valence-corrected chi connectivity index (χ0v) is 13.9. The van der Waals surface area contributed by atoms with Crippen molar-refractivity contribution in [1.29, 1.82) is 0 Å². The molecule has 1 saturated carbocycles. The number of carbonyl (C=O) groups excluding carboxylic acids is 1. The summed E-state index contributed by atoms with van der Waals surface area (Å²) >= 11 is 0. The van der Waals surface area contributed by atoms with Gasteiger partial charge in [-0.05, 0) is 58.2 Å². The SMILES string of the molecule is O=C(NCCCCCN1CCCCC1)NC1(CO)CCCC1. The Morgan fingerprint density at radius 2 is 1.73 bits per heavy atom. The number of piperidine rings is 1. The molecule has 2 amide bonds. The first-order chi connectivity index (χ1) is 10.7. The molecule has 5 heteroatoms. The van der Waals surface area contributed by atoms with Crippen LogP contribution >= 0.6 is 0 Å². The van der Waals surface area contributed by atoms with Crippen LogP contribution in [0.2, 0.25) is 0 Å². The van der Waals surface area contributed by atoms with E-state index in [1.807, 2.05) is 0 Å². The number of hydrogen-bond donors (Lipinski definition) is 3. The molecule has 0 spiro atoms. The molecule has 128 valence electrons. The summed E-state index contributed by atoms with van der Waals surface area (Å²) in [5, 5.41) is 15.4. The van der Waals surface area contributed by atoms with Crippen molar-refractivity contribution in [2.75, 3.05) is 32.8 Å². The van der Waals surface area contributed by atoms with Crippen molar-refractivity contribution in [3.63, 3.8) is 0 Å². The van der Waals surface area contributed by atoms with Crippen LogP contribution in [0.3, 0.4) is 0 Å². The van der Waals surface area contributed by atoms with E-state index >= 15 is 0 Å². The average Bonchev–Trinajstić information content (AvgIpc) is 3.01. The number of unbranched alkanes of at least 4 members (excludes halogenated alkanes) is 2. The lowest BCUT2D eigenvalue weighted by Crippen LogP contribution is -2.52. The summed E-state index contributed by atoms with van der Waals surface area (Å²) in [4.78, 5) is 14.5. The minimum atomic E-state index is -0.363. The summed E-state index contributed by atoms with van der Waals surface area (Å²) in [6, 6.07) is -0.119. The lowest BCUT2D eigenvalue weighted by Gasteiger charge is -2.28. The van der Waals surface area contributed by atoms with Gasteiger partial charge in [0.1, 0.15) is 0 Å². The van der Waals surface area contributed by atoms with Crippen LogP contribution in [0.1, 0.15) is 64.2 Å². The number of carbonyl (C=O) groups is 1. The van der Waals surface area contributed by atoms with Crippen molar-refractivity contribution in [1.82, 2.24) is 15.5 Å². The maximum absolute atomic E-state index is 11.9. The zero-order chi connectivity index (χ0) is 15.7. The van der Waals surface area contributed by atoms with Crippen molar-refractivity contribution in [2.24, 2.45) is 0 Å². The normalized spacial score (nSPS) is 21.7. The van der Waals surface area contributed by atoms with Crippen LogP contribution in [0.25, 0.3) is 0 Å². The summed E-state index contributed by atoms with van der Waals surface area (Å²) in [5.74, 6) is 0. The molecule has 0 radical (unpaired) electrons. The van der Waals surface area contributed by atoms with E-state index in [-0.39, 0.29) is 18.2 Å². The number of nitrogens with one attached hydrogen (secondary N) is 2. The van der Waals surface area contributed by atoms with Crippen molar-refractivity contribution in [3.05, 3.63) is 0 Å². The second kappa shape index (κ2) is 9.36. The molecule has 0 atom stereocenters. The van der Waals surface area contributed by atoms with Gasteiger partial charge in [0.2, 0.25) is 0 Å². The Bertz CT molecular complexity index is 324. The number of urea groups is 1. The summed E-state index contributed by atoms with van der Waals surface area (Å²) in [6.45, 7) is 4.53. The Morgan fingerprint density at radius 3 is 2.41 bits per heavy atom. The molecule has 3 N–H and O–H groups in total. The highest BCUT2D eigenvalue weighted by molar-refractivity contribution is 5.74. The van der Waals surface area contributed by atoms with Gasteiger partial charge in [-0.15, -0.1) is 0 Å². The van der Waals surface area contributed by atoms with E-state index in [9.17, 15) is 9.90 Å². The van der Waals surface area contributed by atoms with Gasteiger partial charge in [0, 0.05) is 6.54 Å². The second-order valence-corrected chi connectivity index (χ2v) is 6.99. The van der Waals surface area contributed by atoms with Crippen molar-refractivity contribution < 1.29 is 9.90 Å². The fourth-order valence-electron chi connectivity index (χ4n) is 3.68. The highest BCUT2D eigenvalue weighted by Crippen LogP contribution is 2.28. The first-order valence-corrected chi connectivity index (χ1v) is 9.13. The summed E-state index contributed by atoms with van der Waals surface area (Å²) in [5.41, 5.74) is -0.363. The Balaban J connectivity index is 1.48. The van der Waals surface area contributed by atoms with E-state index in [0.717, 1.165) is 38.6 Å². The number of rotatable bonds is 8. The van der Waals surface area contributed by atoms with E-state index in [1.165, 1.54) is 51.7 Å². The van der Waals surface area contributed by atoms with Crippen LogP contribution in [0.5, 0.6) is 0 Å². The van der Waals surface area contributed by atoms with E-state index < -0.39 is 0 Å². The minimum Gasteiger partial charge on any atom is -0.394 e. The molecule has 0 aromatic rings. The first kappa shape index (κ1) is 17.5. The van der Waals surface area contributed by atoms with Gasteiger partial charge in [-0.25, -0.2) is 4.79 Å². The van der Waals surface area contributed by atoms with Crippen LogP contribution in [0, 0.1) is 0 Å². The van der Waals surface area contributed by atoms with Crippen molar-refractivity contribution in [2.45, 2.75) is 69.7 Å². The van der Waals surface area contributed by atoms with Crippen molar-refractivity contribution in [3.8, 4) is 0 Å². The van der Waals surface area contributed by atoms with Gasteiger partial charge in [-0.3, -0.25) is 0 Å². The number of likely N-dealkylation sites (tertiary alicyclic amines) is 1. The Hall–Kier alpha value is -0.810. The maximum atomic E-state index is 11.9. The van der Waals surface area contributed by atoms with Crippen LogP contribution in [-0.4, -0.2) is 54.4 Å². The molecule has 1 heterocycles. The lowest BCUT2D eigenvalue weighted by atomic mass is 9.99. The molecule has 2 fully saturated rings. The third kappa shape index (κ3) is 5.76. The van der Waals surface area contributed by atoms with Crippen LogP contribution in [0.15, 0.2) is 0 Å². The molecule has 1 aliphatic heterocycles. The topological polar surface area (TPSA) is 64.6 Å². The van der Waals surface area contributed by atoms with Gasteiger partial charge in [-0.2, -0.15) is 0 Å². The number of aliphatic hydroxyl groups is 1. The van der Waals surface area contributed by atoms with Gasteiger partial charge in [0.15, 0.2) is 0 Å². The number of hydrogen-bond acceptors (Lipinski definition) is 3. The molecular formula is C17H33N3O2. The maximum Gasteiger partial charge on any atom is 0.315 e. The molecule has 2 rings (SSSR count). The predicted molar refractivity (Wildman–Crippen MR) is 89.0 cm³/mol. The Labute approximate surface area is 134 Å². The van der Waals surface area contributed by atoms with Gasteiger partial charge in [-0.1, -0.05) is 25.7 Å². The second-order valence-electron chi connectivity index (χ2n) is 6.99. The average molecular weight is 311 g/mol. The van der Waals surface area contributed by atoms with E-state index in [1.54, 1.807) is 0 Å². The minimum absolute atomic E-state index is 0.0518. The predicted octanol–water partition coefficient (Wildman–Crippen LogP) is 2.25. The molecule has 0 aromatic heterocycles. The Kier molecular flexibility index (Phi) is 7.46. The zero-order valence-electron chi connectivity index (χ0n) is 13.9. The summed E-state index contributed by atoms with van der Waals surface area (Å²) < 4.78 is 0. The third-order valence-electron chi connectivity index (χ3n) is 5.13. The van der Waals surface area contributed by atoms with E-state index in [0.29, 0.717) is 0 Å². The van der Waals surface area contributed by atoms with Gasteiger partial charge < -0.3 is 20.6 Å². The highest BCUT2D eigenvalue weighted by Gasteiger charge is 2.34. The van der Waals surface area contributed by atoms with E-state index in [2.05, 4.69) is 15.5 Å². The Morgan fingerprint density at radius 1 is 1.00 bits per heavy atom. The molecule has 0 unspecified atom stereocenters. The van der Waals surface area contributed by atoms with Crippen LogP contribution in [0.4, 0.5) is 4.79 Å². The fraction of sp³-hybridized carbons (Fsp3) is 0.941. The monoisotopic (exact) mass is 311 g/mol. The molecule has 1 aliphatic carbocycles. The molecule has 22 heavy (non-hydrogen) atoms. The highest BCUT2D eigenvalue weighted by atomic mass is 16.3. The molecule has 5 nitrogen and oxygen atoms in total. The molecule has 1 saturated heterocycles. The molecule has 0 bridgehead atoms. The van der Waals surface area contributed by atoms with Gasteiger partial charge in [0.25, 0.3) is 0 Å². The molecule has 0 aromatic carbocycles. The summed E-state index contributed by atoms with van der Waals surface area (Å²) in [6.07, 6.45) is 11.5. The quantitative estimate of drug-likeness (QED) is 0.602. The van der Waals surface area contributed by atoms with Gasteiger partial charge >= 0.3 is 6.03 Å². The molecular weight excluding hydrogens is 278 g/mol. The number of nitrogens with zero attached hydrogens (tertiary/aromatic N) is 1. The largest absolute Gasteiger partial charge is 0.394 e. The first-order valence-electron chi connectivity index (χ1n) is 9.13.